The summed E-state index contributed by atoms with van der Waals surface area (Å²) in [5.41, 5.74) is 0. The second-order valence-corrected chi connectivity index (χ2v) is 4.25. The van der Waals surface area contributed by atoms with Crippen LogP contribution >= 0.6 is 0 Å². The zero-order chi connectivity index (χ0) is 11.0. The Labute approximate surface area is 89.1 Å². The van der Waals surface area contributed by atoms with E-state index in [9.17, 15) is 5.11 Å². The van der Waals surface area contributed by atoms with Crippen LogP contribution in [-0.4, -0.2) is 23.8 Å². The molecule has 3 unspecified atom stereocenters. The van der Waals surface area contributed by atoms with Crippen LogP contribution in [-0.2, 0) is 0 Å². The average Bonchev–Trinajstić information content (AvgIpc) is 2.22. The van der Waals surface area contributed by atoms with Crippen molar-refractivity contribution < 1.29 is 5.11 Å². The van der Waals surface area contributed by atoms with Crippen molar-refractivity contribution in [2.75, 3.05) is 6.54 Å². The molecule has 0 aliphatic rings. The van der Waals surface area contributed by atoms with E-state index in [-0.39, 0.29) is 6.10 Å². The average molecular weight is 201 g/mol. The van der Waals surface area contributed by atoms with Crippen LogP contribution in [0.3, 0.4) is 0 Å². The van der Waals surface area contributed by atoms with Gasteiger partial charge in [0, 0.05) is 12.6 Å². The maximum atomic E-state index is 9.77. The van der Waals surface area contributed by atoms with Crippen molar-refractivity contribution in [3.05, 3.63) is 0 Å². The number of hydrogen-bond donors (Lipinski definition) is 2. The molecule has 0 rings (SSSR count). The molecule has 0 aliphatic carbocycles. The van der Waals surface area contributed by atoms with E-state index in [2.05, 4.69) is 33.0 Å². The molecule has 0 saturated heterocycles. The maximum Gasteiger partial charge on any atom is 0.0690 e. The molecule has 0 spiro atoms. The third kappa shape index (κ3) is 5.61. The van der Waals surface area contributed by atoms with Gasteiger partial charge in [-0.1, -0.05) is 40.5 Å². The van der Waals surface area contributed by atoms with Crippen molar-refractivity contribution in [2.24, 2.45) is 5.92 Å². The summed E-state index contributed by atoms with van der Waals surface area (Å²) >= 11 is 0. The summed E-state index contributed by atoms with van der Waals surface area (Å²) in [5.74, 6) is 0.404. The molecule has 0 aromatic heterocycles. The topological polar surface area (TPSA) is 32.3 Å². The Kier molecular flexibility index (Phi) is 8.20. The molecule has 0 amide bonds. The van der Waals surface area contributed by atoms with Gasteiger partial charge in [0.15, 0.2) is 0 Å². The lowest BCUT2D eigenvalue weighted by Crippen LogP contribution is -2.37. The first-order valence-corrected chi connectivity index (χ1v) is 6.07. The normalized spacial score (nSPS) is 17.8. The largest absolute Gasteiger partial charge is 0.392 e. The molecule has 0 fully saturated rings. The van der Waals surface area contributed by atoms with Crippen LogP contribution in [0.1, 0.15) is 53.4 Å². The lowest BCUT2D eigenvalue weighted by molar-refractivity contribution is 0.109. The lowest BCUT2D eigenvalue weighted by Gasteiger charge is -2.22. The van der Waals surface area contributed by atoms with Crippen LogP contribution in [0, 0.1) is 5.92 Å². The Balaban J connectivity index is 3.67. The smallest absolute Gasteiger partial charge is 0.0690 e. The molecule has 0 aromatic rings. The van der Waals surface area contributed by atoms with E-state index in [0.29, 0.717) is 12.0 Å². The first kappa shape index (κ1) is 13.9. The molecule has 0 bridgehead atoms. The van der Waals surface area contributed by atoms with Crippen LogP contribution in [0.2, 0.25) is 0 Å². The van der Waals surface area contributed by atoms with Gasteiger partial charge in [-0.15, -0.1) is 0 Å². The maximum absolute atomic E-state index is 9.77. The van der Waals surface area contributed by atoms with Crippen LogP contribution in [0.25, 0.3) is 0 Å². The van der Waals surface area contributed by atoms with Crippen molar-refractivity contribution in [1.82, 2.24) is 5.32 Å². The lowest BCUT2D eigenvalue weighted by atomic mass is 10.0. The Hall–Kier alpha value is -0.0800. The second-order valence-electron chi connectivity index (χ2n) is 4.25. The minimum atomic E-state index is -0.189. The van der Waals surface area contributed by atoms with Gasteiger partial charge in [-0.05, 0) is 18.8 Å². The highest BCUT2D eigenvalue weighted by atomic mass is 16.3. The molecule has 2 N–H and O–H groups in total. The Morgan fingerprint density at radius 3 is 2.21 bits per heavy atom. The summed E-state index contributed by atoms with van der Waals surface area (Å²) < 4.78 is 0. The Morgan fingerprint density at radius 2 is 1.79 bits per heavy atom. The molecule has 3 atom stereocenters. The number of aliphatic hydroxyl groups excluding tert-OH is 1. The van der Waals surface area contributed by atoms with Crippen molar-refractivity contribution >= 4 is 0 Å². The summed E-state index contributed by atoms with van der Waals surface area (Å²) in [7, 11) is 0. The van der Waals surface area contributed by atoms with Crippen LogP contribution < -0.4 is 5.32 Å². The first-order valence-electron chi connectivity index (χ1n) is 6.07. The van der Waals surface area contributed by atoms with E-state index in [4.69, 9.17) is 0 Å². The van der Waals surface area contributed by atoms with E-state index in [1.807, 2.05) is 0 Å². The fourth-order valence-electron chi connectivity index (χ4n) is 1.56. The van der Waals surface area contributed by atoms with Crippen molar-refractivity contribution in [3.8, 4) is 0 Å². The highest BCUT2D eigenvalue weighted by Gasteiger charge is 2.13. The predicted octanol–water partition coefficient (Wildman–Crippen LogP) is 2.56. The monoisotopic (exact) mass is 201 g/mol. The van der Waals surface area contributed by atoms with Gasteiger partial charge in [-0.3, -0.25) is 0 Å². The quantitative estimate of drug-likeness (QED) is 0.632. The summed E-state index contributed by atoms with van der Waals surface area (Å²) in [6.45, 7) is 9.37. The van der Waals surface area contributed by atoms with E-state index in [0.717, 1.165) is 19.4 Å². The van der Waals surface area contributed by atoms with Crippen molar-refractivity contribution in [2.45, 2.75) is 65.5 Å². The minimum absolute atomic E-state index is 0.189. The summed E-state index contributed by atoms with van der Waals surface area (Å²) in [4.78, 5) is 0. The first-order chi connectivity index (χ1) is 6.65. The summed E-state index contributed by atoms with van der Waals surface area (Å²) in [6.07, 6.45) is 4.44. The van der Waals surface area contributed by atoms with Gasteiger partial charge in [-0.25, -0.2) is 0 Å². The zero-order valence-corrected chi connectivity index (χ0v) is 10.2. The van der Waals surface area contributed by atoms with E-state index < -0.39 is 0 Å². The summed E-state index contributed by atoms with van der Waals surface area (Å²) in [5, 5.41) is 13.2. The van der Waals surface area contributed by atoms with Crippen molar-refractivity contribution in [1.29, 1.82) is 0 Å². The molecular weight excluding hydrogens is 174 g/mol. The molecule has 0 aromatic carbocycles. The predicted molar refractivity (Wildman–Crippen MR) is 62.5 cm³/mol. The van der Waals surface area contributed by atoms with Crippen molar-refractivity contribution in [3.63, 3.8) is 0 Å². The number of rotatable bonds is 8. The molecule has 0 saturated carbocycles. The molecular formula is C12H27NO. The molecule has 14 heavy (non-hydrogen) atoms. The number of hydrogen-bond acceptors (Lipinski definition) is 2. The fourth-order valence-corrected chi connectivity index (χ4v) is 1.56. The highest BCUT2D eigenvalue weighted by Crippen LogP contribution is 2.07. The number of nitrogens with one attached hydrogen (secondary N) is 1. The Bertz CT molecular complexity index is 125. The van der Waals surface area contributed by atoms with Gasteiger partial charge in [-0.2, -0.15) is 0 Å². The molecule has 2 nitrogen and oxygen atoms in total. The second kappa shape index (κ2) is 8.25. The van der Waals surface area contributed by atoms with Crippen LogP contribution in [0.5, 0.6) is 0 Å². The standard InChI is InChI=1S/C12H27NO/c1-5-8-11(7-3)13-9-12(14)10(4)6-2/h10-14H,5-9H2,1-4H3. The molecule has 0 aliphatic heterocycles. The zero-order valence-electron chi connectivity index (χ0n) is 10.2. The number of aliphatic hydroxyl groups is 1. The summed E-state index contributed by atoms with van der Waals surface area (Å²) in [6, 6.07) is 0.582. The SMILES string of the molecule is CCCC(CC)NCC(O)C(C)CC. The fraction of sp³-hybridized carbons (Fsp3) is 1.00. The van der Waals surface area contributed by atoms with Gasteiger partial charge in [0.25, 0.3) is 0 Å². The Morgan fingerprint density at radius 1 is 1.14 bits per heavy atom. The van der Waals surface area contributed by atoms with E-state index >= 15 is 0 Å². The molecule has 0 heterocycles. The van der Waals surface area contributed by atoms with Crippen LogP contribution in [0.15, 0.2) is 0 Å². The van der Waals surface area contributed by atoms with Gasteiger partial charge in [0.2, 0.25) is 0 Å². The minimum Gasteiger partial charge on any atom is -0.392 e. The van der Waals surface area contributed by atoms with Gasteiger partial charge in [0.1, 0.15) is 0 Å². The molecule has 0 radical (unpaired) electrons. The van der Waals surface area contributed by atoms with Gasteiger partial charge < -0.3 is 10.4 Å². The van der Waals surface area contributed by atoms with Gasteiger partial charge >= 0.3 is 0 Å². The van der Waals surface area contributed by atoms with E-state index in [1.165, 1.54) is 12.8 Å². The highest BCUT2D eigenvalue weighted by molar-refractivity contribution is 4.70. The molecule has 86 valence electrons. The van der Waals surface area contributed by atoms with Gasteiger partial charge in [0.05, 0.1) is 6.10 Å². The molecule has 2 heteroatoms. The van der Waals surface area contributed by atoms with Crippen LogP contribution in [0.4, 0.5) is 0 Å². The third-order valence-electron chi connectivity index (χ3n) is 3.05. The van der Waals surface area contributed by atoms with E-state index in [1.54, 1.807) is 0 Å². The third-order valence-corrected chi connectivity index (χ3v) is 3.05.